The molecule has 0 heterocycles. The Morgan fingerprint density at radius 3 is 2.62 bits per heavy atom. The van der Waals surface area contributed by atoms with E-state index in [1.807, 2.05) is 0 Å². The maximum absolute atomic E-state index is 2.53. The Balaban J connectivity index is 2.06. The summed E-state index contributed by atoms with van der Waals surface area (Å²) in [6.45, 7) is 7.18. The molecule has 4 atom stereocenters. The Morgan fingerprint density at radius 2 is 2.08 bits per heavy atom. The summed E-state index contributed by atoms with van der Waals surface area (Å²) < 4.78 is 0. The van der Waals surface area contributed by atoms with Gasteiger partial charge in [-0.3, -0.25) is 0 Å². The molecule has 0 saturated heterocycles. The first-order valence-corrected chi connectivity index (χ1v) is 5.93. The van der Waals surface area contributed by atoms with Gasteiger partial charge in [0.2, 0.25) is 0 Å². The van der Waals surface area contributed by atoms with Gasteiger partial charge in [0.1, 0.15) is 0 Å². The summed E-state index contributed by atoms with van der Waals surface area (Å²) in [7, 11) is 0. The fraction of sp³-hybridized carbons (Fsp3) is 0.846. The van der Waals surface area contributed by atoms with Gasteiger partial charge in [-0.2, -0.15) is 0 Å². The molecule has 0 aromatic rings. The quantitative estimate of drug-likeness (QED) is 0.560. The van der Waals surface area contributed by atoms with Gasteiger partial charge in [-0.15, -0.1) is 0 Å². The van der Waals surface area contributed by atoms with Crippen LogP contribution in [0.25, 0.3) is 0 Å². The molecule has 0 spiro atoms. The second-order valence-corrected chi connectivity index (χ2v) is 5.09. The van der Waals surface area contributed by atoms with E-state index in [0.717, 1.165) is 23.7 Å². The Hall–Kier alpha value is -0.260. The van der Waals surface area contributed by atoms with Crippen LogP contribution in [0.4, 0.5) is 0 Å². The van der Waals surface area contributed by atoms with Crippen LogP contribution in [0, 0.1) is 23.7 Å². The molecular weight excluding hydrogens is 156 g/mol. The first kappa shape index (κ1) is 9.30. The van der Waals surface area contributed by atoms with E-state index in [2.05, 4.69) is 26.8 Å². The van der Waals surface area contributed by atoms with Crippen LogP contribution in [0.2, 0.25) is 0 Å². The average molecular weight is 178 g/mol. The van der Waals surface area contributed by atoms with Crippen molar-refractivity contribution < 1.29 is 0 Å². The Kier molecular flexibility index (Phi) is 2.49. The third kappa shape index (κ3) is 1.45. The molecule has 4 unspecified atom stereocenters. The molecule has 0 heteroatoms. The molecular formula is C13H22. The molecule has 2 saturated carbocycles. The molecule has 74 valence electrons. The van der Waals surface area contributed by atoms with Crippen molar-refractivity contribution in [2.75, 3.05) is 0 Å². The van der Waals surface area contributed by atoms with Crippen LogP contribution in [0.15, 0.2) is 11.6 Å². The van der Waals surface area contributed by atoms with Gasteiger partial charge >= 0.3 is 0 Å². The molecule has 13 heavy (non-hydrogen) atoms. The summed E-state index contributed by atoms with van der Waals surface area (Å²) in [4.78, 5) is 0. The molecule has 2 fully saturated rings. The highest BCUT2D eigenvalue weighted by Gasteiger charge is 2.45. The van der Waals surface area contributed by atoms with Crippen LogP contribution >= 0.6 is 0 Å². The zero-order valence-corrected chi connectivity index (χ0v) is 9.22. The monoisotopic (exact) mass is 178 g/mol. The largest absolute Gasteiger partial charge is 0.0850 e. The van der Waals surface area contributed by atoms with Gasteiger partial charge in [0.15, 0.2) is 0 Å². The van der Waals surface area contributed by atoms with E-state index in [-0.39, 0.29) is 0 Å². The first-order chi connectivity index (χ1) is 6.24. The van der Waals surface area contributed by atoms with E-state index in [9.17, 15) is 0 Å². The van der Waals surface area contributed by atoms with Crippen molar-refractivity contribution in [3.63, 3.8) is 0 Å². The van der Waals surface area contributed by atoms with E-state index < -0.39 is 0 Å². The van der Waals surface area contributed by atoms with Crippen LogP contribution in [0.3, 0.4) is 0 Å². The molecule has 0 amide bonds. The van der Waals surface area contributed by atoms with Gasteiger partial charge < -0.3 is 0 Å². The van der Waals surface area contributed by atoms with E-state index in [1.54, 1.807) is 5.57 Å². The van der Waals surface area contributed by atoms with Gasteiger partial charge in [0, 0.05) is 0 Å². The van der Waals surface area contributed by atoms with E-state index in [1.165, 1.54) is 25.7 Å². The third-order valence-corrected chi connectivity index (χ3v) is 4.43. The van der Waals surface area contributed by atoms with Gasteiger partial charge in [-0.05, 0) is 42.9 Å². The molecule has 0 radical (unpaired) electrons. The molecule has 2 aliphatic rings. The average Bonchev–Trinajstić information content (AvgIpc) is 2.64. The maximum atomic E-state index is 2.53. The fourth-order valence-corrected chi connectivity index (χ4v) is 3.33. The number of fused-ring (bicyclic) bond motifs is 2. The van der Waals surface area contributed by atoms with Crippen LogP contribution < -0.4 is 0 Å². The molecule has 0 aromatic carbocycles. The van der Waals surface area contributed by atoms with Gasteiger partial charge in [0.05, 0.1) is 0 Å². The van der Waals surface area contributed by atoms with E-state index >= 15 is 0 Å². The Morgan fingerprint density at radius 1 is 1.31 bits per heavy atom. The fourth-order valence-electron chi connectivity index (χ4n) is 3.33. The lowest BCUT2D eigenvalue weighted by molar-refractivity contribution is 0.304. The number of hydrogen-bond acceptors (Lipinski definition) is 0. The molecule has 0 N–H and O–H groups in total. The predicted octanol–water partition coefficient (Wildman–Crippen LogP) is 4.02. The van der Waals surface area contributed by atoms with E-state index in [4.69, 9.17) is 0 Å². The maximum Gasteiger partial charge on any atom is -0.0172 e. The van der Waals surface area contributed by atoms with Crippen molar-refractivity contribution in [2.45, 2.75) is 46.5 Å². The molecule has 2 aliphatic carbocycles. The highest BCUT2D eigenvalue weighted by Crippen LogP contribution is 2.54. The summed E-state index contributed by atoms with van der Waals surface area (Å²) in [6, 6.07) is 0. The van der Waals surface area contributed by atoms with Gasteiger partial charge in [-0.25, -0.2) is 0 Å². The van der Waals surface area contributed by atoms with Crippen molar-refractivity contribution in [3.05, 3.63) is 11.6 Å². The minimum atomic E-state index is 0.960. The number of hydrogen-bond donors (Lipinski definition) is 0. The summed E-state index contributed by atoms with van der Waals surface area (Å²) in [6.07, 6.45) is 8.07. The first-order valence-electron chi connectivity index (χ1n) is 5.93. The zero-order valence-electron chi connectivity index (χ0n) is 9.22. The van der Waals surface area contributed by atoms with Crippen LogP contribution in [0.5, 0.6) is 0 Å². The Labute approximate surface area is 82.4 Å². The highest BCUT2D eigenvalue weighted by molar-refractivity contribution is 5.19. The van der Waals surface area contributed by atoms with E-state index in [0.29, 0.717) is 0 Å². The minimum Gasteiger partial charge on any atom is -0.0850 e. The normalized spacial score (nSPS) is 46.2. The smallest absolute Gasteiger partial charge is 0.0172 e. The molecule has 2 rings (SSSR count). The summed E-state index contributed by atoms with van der Waals surface area (Å²) in [5.74, 6) is 3.94. The van der Waals surface area contributed by atoms with Crippen molar-refractivity contribution in [2.24, 2.45) is 23.7 Å². The topological polar surface area (TPSA) is 0 Å². The summed E-state index contributed by atoms with van der Waals surface area (Å²) in [5.41, 5.74) is 1.80. The van der Waals surface area contributed by atoms with Gasteiger partial charge in [-0.1, -0.05) is 38.8 Å². The molecule has 0 aromatic heterocycles. The lowest BCUT2D eigenvalue weighted by Gasteiger charge is -2.27. The van der Waals surface area contributed by atoms with Crippen LogP contribution in [0.1, 0.15) is 46.5 Å². The van der Waals surface area contributed by atoms with Crippen LogP contribution in [-0.2, 0) is 0 Å². The van der Waals surface area contributed by atoms with Crippen molar-refractivity contribution >= 4 is 0 Å². The van der Waals surface area contributed by atoms with Gasteiger partial charge in [0.25, 0.3) is 0 Å². The van der Waals surface area contributed by atoms with Crippen molar-refractivity contribution in [1.29, 1.82) is 0 Å². The number of allylic oxidation sites excluding steroid dienone is 2. The number of unbranched alkanes of at least 4 members (excludes halogenated alkanes) is 1. The third-order valence-electron chi connectivity index (χ3n) is 4.43. The SMILES string of the molecule is CCC/C=C1\CC2CC1C(C)C2C. The van der Waals surface area contributed by atoms with Crippen molar-refractivity contribution in [3.8, 4) is 0 Å². The molecule has 2 bridgehead atoms. The zero-order chi connectivity index (χ0) is 9.42. The highest BCUT2D eigenvalue weighted by atomic mass is 14.5. The minimum absolute atomic E-state index is 0.960. The molecule has 0 nitrogen and oxygen atoms in total. The summed E-state index contributed by atoms with van der Waals surface area (Å²) >= 11 is 0. The number of rotatable bonds is 2. The second kappa shape index (κ2) is 3.48. The standard InChI is InChI=1S/C13H22/c1-4-5-6-11-7-12-8-13(11)10(3)9(12)2/h6,9-10,12-13H,4-5,7-8H2,1-3H3/b11-6+. The Bertz CT molecular complexity index is 212. The second-order valence-electron chi connectivity index (χ2n) is 5.09. The predicted molar refractivity (Wildman–Crippen MR) is 57.5 cm³/mol. The lowest BCUT2D eigenvalue weighted by Crippen LogP contribution is -2.18. The summed E-state index contributed by atoms with van der Waals surface area (Å²) in [5, 5.41) is 0. The lowest BCUT2D eigenvalue weighted by atomic mass is 9.79. The molecule has 0 aliphatic heterocycles. The van der Waals surface area contributed by atoms with Crippen LogP contribution in [-0.4, -0.2) is 0 Å². The van der Waals surface area contributed by atoms with Crippen molar-refractivity contribution in [1.82, 2.24) is 0 Å².